The molecular weight excluding hydrogens is 290 g/mol. The van der Waals surface area contributed by atoms with Crippen molar-refractivity contribution in [2.75, 3.05) is 25.7 Å². The van der Waals surface area contributed by atoms with E-state index in [1.54, 1.807) is 14.2 Å². The molecule has 1 saturated heterocycles. The Kier molecular flexibility index (Phi) is 4.51. The lowest BCUT2D eigenvalue weighted by Crippen LogP contribution is -2.28. The van der Waals surface area contributed by atoms with Gasteiger partial charge in [-0.15, -0.1) is 0 Å². The Hall–Kier alpha value is -2.49. The summed E-state index contributed by atoms with van der Waals surface area (Å²) < 4.78 is 10.5. The van der Waals surface area contributed by atoms with E-state index >= 15 is 0 Å². The molecule has 0 spiro atoms. The normalized spacial score (nSPS) is 17.4. The molecule has 1 fully saturated rings. The number of hydrogen-bond donors (Lipinski definition) is 0. The van der Waals surface area contributed by atoms with Gasteiger partial charge < -0.3 is 14.4 Å². The molecule has 0 aliphatic carbocycles. The van der Waals surface area contributed by atoms with Gasteiger partial charge in [0.25, 0.3) is 0 Å². The van der Waals surface area contributed by atoms with Gasteiger partial charge in [0.15, 0.2) is 0 Å². The smallest absolute Gasteiger partial charge is 0.230 e. The third-order valence-electron chi connectivity index (χ3n) is 4.33. The number of hydrogen-bond acceptors (Lipinski definition) is 3. The number of nitrogens with zero attached hydrogens (tertiary/aromatic N) is 1. The highest BCUT2D eigenvalue weighted by Gasteiger charge is 2.33. The Bertz CT molecular complexity index is 681. The van der Waals surface area contributed by atoms with Crippen LogP contribution >= 0.6 is 0 Å². The summed E-state index contributed by atoms with van der Waals surface area (Å²) in [6.45, 7) is 0.736. The van der Waals surface area contributed by atoms with E-state index in [0.29, 0.717) is 0 Å². The first-order chi connectivity index (χ1) is 11.2. The Morgan fingerprint density at radius 2 is 1.78 bits per heavy atom. The van der Waals surface area contributed by atoms with Crippen molar-refractivity contribution >= 4 is 11.6 Å². The molecule has 1 unspecified atom stereocenters. The first kappa shape index (κ1) is 15.4. The molecular formula is C19H21NO3. The van der Waals surface area contributed by atoms with E-state index in [2.05, 4.69) is 0 Å². The van der Waals surface area contributed by atoms with Crippen LogP contribution in [0.2, 0.25) is 0 Å². The summed E-state index contributed by atoms with van der Waals surface area (Å²) in [6, 6.07) is 15.6. The van der Waals surface area contributed by atoms with Crippen LogP contribution in [0.25, 0.3) is 0 Å². The molecule has 0 bridgehead atoms. The second-order valence-electron chi connectivity index (χ2n) is 5.70. The van der Waals surface area contributed by atoms with Crippen LogP contribution in [0.4, 0.5) is 5.69 Å². The van der Waals surface area contributed by atoms with Gasteiger partial charge in [0.2, 0.25) is 5.91 Å². The first-order valence-corrected chi connectivity index (χ1v) is 7.80. The molecule has 1 aliphatic rings. The zero-order valence-electron chi connectivity index (χ0n) is 13.5. The van der Waals surface area contributed by atoms with Gasteiger partial charge in [0.05, 0.1) is 19.9 Å². The summed E-state index contributed by atoms with van der Waals surface area (Å²) >= 11 is 0. The minimum Gasteiger partial charge on any atom is -0.497 e. The van der Waals surface area contributed by atoms with Gasteiger partial charge in [-0.2, -0.15) is 0 Å². The van der Waals surface area contributed by atoms with Crippen molar-refractivity contribution in [1.29, 1.82) is 0 Å². The Balaban J connectivity index is 1.73. The fourth-order valence-corrected chi connectivity index (χ4v) is 3.07. The summed E-state index contributed by atoms with van der Waals surface area (Å²) in [5.41, 5.74) is 2.02. The zero-order valence-corrected chi connectivity index (χ0v) is 13.5. The van der Waals surface area contributed by atoms with E-state index in [4.69, 9.17) is 9.47 Å². The topological polar surface area (TPSA) is 38.8 Å². The van der Waals surface area contributed by atoms with Gasteiger partial charge >= 0.3 is 0 Å². The third-order valence-corrected chi connectivity index (χ3v) is 4.33. The Morgan fingerprint density at radius 3 is 2.48 bits per heavy atom. The lowest BCUT2D eigenvalue weighted by molar-refractivity contribution is -0.120. The van der Waals surface area contributed by atoms with Gasteiger partial charge in [-0.3, -0.25) is 4.79 Å². The lowest BCUT2D eigenvalue weighted by atomic mass is 9.98. The van der Waals surface area contributed by atoms with Crippen molar-refractivity contribution in [2.45, 2.75) is 12.8 Å². The SMILES string of the molecule is COc1ccc(CC2CCN(c3ccccc3OC)C2=O)cc1. The molecule has 120 valence electrons. The van der Waals surface area contributed by atoms with Crippen molar-refractivity contribution in [3.05, 3.63) is 54.1 Å². The summed E-state index contributed by atoms with van der Waals surface area (Å²) in [6.07, 6.45) is 1.62. The number of rotatable bonds is 5. The number of amides is 1. The molecule has 0 saturated carbocycles. The maximum absolute atomic E-state index is 12.7. The van der Waals surface area contributed by atoms with Crippen LogP contribution in [-0.2, 0) is 11.2 Å². The van der Waals surface area contributed by atoms with Crippen LogP contribution in [0.1, 0.15) is 12.0 Å². The van der Waals surface area contributed by atoms with E-state index in [-0.39, 0.29) is 11.8 Å². The van der Waals surface area contributed by atoms with Crippen LogP contribution in [-0.4, -0.2) is 26.7 Å². The molecule has 23 heavy (non-hydrogen) atoms. The van der Waals surface area contributed by atoms with Crippen LogP contribution in [0.5, 0.6) is 11.5 Å². The number of carbonyl (C=O) groups is 1. The highest BCUT2D eigenvalue weighted by Crippen LogP contribution is 2.33. The predicted octanol–water partition coefficient (Wildman–Crippen LogP) is 3.30. The van der Waals surface area contributed by atoms with Gasteiger partial charge in [-0.25, -0.2) is 0 Å². The monoisotopic (exact) mass is 311 g/mol. The lowest BCUT2D eigenvalue weighted by Gasteiger charge is -2.19. The van der Waals surface area contributed by atoms with Crippen LogP contribution in [0, 0.1) is 5.92 Å². The fraction of sp³-hybridized carbons (Fsp3) is 0.316. The summed E-state index contributed by atoms with van der Waals surface area (Å²) in [7, 11) is 3.29. The van der Waals surface area contributed by atoms with Crippen molar-refractivity contribution in [2.24, 2.45) is 5.92 Å². The molecule has 4 heteroatoms. The second-order valence-corrected chi connectivity index (χ2v) is 5.70. The van der Waals surface area contributed by atoms with Crippen molar-refractivity contribution in [3.8, 4) is 11.5 Å². The van der Waals surface area contributed by atoms with E-state index in [1.807, 2.05) is 53.4 Å². The van der Waals surface area contributed by atoms with Gasteiger partial charge in [0, 0.05) is 12.5 Å². The molecule has 0 aromatic heterocycles. The molecule has 0 N–H and O–H groups in total. The molecule has 1 heterocycles. The maximum Gasteiger partial charge on any atom is 0.230 e. The first-order valence-electron chi connectivity index (χ1n) is 7.80. The predicted molar refractivity (Wildman–Crippen MR) is 90.2 cm³/mol. The molecule has 3 rings (SSSR count). The summed E-state index contributed by atoms with van der Waals surface area (Å²) in [5, 5.41) is 0. The van der Waals surface area contributed by atoms with Crippen LogP contribution < -0.4 is 14.4 Å². The van der Waals surface area contributed by atoms with Crippen LogP contribution in [0.3, 0.4) is 0 Å². The third kappa shape index (κ3) is 3.16. The number of para-hydroxylation sites is 2. The number of anilines is 1. The van der Waals surface area contributed by atoms with Gasteiger partial charge in [-0.1, -0.05) is 24.3 Å². The van der Waals surface area contributed by atoms with Gasteiger partial charge in [0.1, 0.15) is 11.5 Å². The maximum atomic E-state index is 12.7. The molecule has 1 atom stereocenters. The van der Waals surface area contributed by atoms with Crippen LogP contribution in [0.15, 0.2) is 48.5 Å². The molecule has 2 aromatic carbocycles. The van der Waals surface area contributed by atoms with E-state index in [9.17, 15) is 4.79 Å². The molecule has 2 aromatic rings. The van der Waals surface area contributed by atoms with Gasteiger partial charge in [-0.05, 0) is 42.7 Å². The average molecular weight is 311 g/mol. The highest BCUT2D eigenvalue weighted by molar-refractivity contribution is 5.98. The van der Waals surface area contributed by atoms with E-state index < -0.39 is 0 Å². The number of methoxy groups -OCH3 is 2. The number of benzene rings is 2. The minimum atomic E-state index is 0.0216. The number of ether oxygens (including phenoxy) is 2. The van der Waals surface area contributed by atoms with Crippen molar-refractivity contribution < 1.29 is 14.3 Å². The quantitative estimate of drug-likeness (QED) is 0.850. The molecule has 1 amide bonds. The number of carbonyl (C=O) groups excluding carboxylic acids is 1. The zero-order chi connectivity index (χ0) is 16.2. The Labute approximate surface area is 136 Å². The second kappa shape index (κ2) is 6.73. The molecule has 1 aliphatic heterocycles. The van der Waals surface area contributed by atoms with Crippen molar-refractivity contribution in [1.82, 2.24) is 0 Å². The average Bonchev–Trinajstić information content (AvgIpc) is 2.96. The van der Waals surface area contributed by atoms with E-state index in [0.717, 1.165) is 42.1 Å². The Morgan fingerprint density at radius 1 is 1.04 bits per heavy atom. The summed E-state index contributed by atoms with van der Waals surface area (Å²) in [5.74, 6) is 1.77. The van der Waals surface area contributed by atoms with E-state index in [1.165, 1.54) is 0 Å². The summed E-state index contributed by atoms with van der Waals surface area (Å²) in [4.78, 5) is 14.6. The minimum absolute atomic E-state index is 0.0216. The molecule has 4 nitrogen and oxygen atoms in total. The molecule has 0 radical (unpaired) electrons. The highest BCUT2D eigenvalue weighted by atomic mass is 16.5. The van der Waals surface area contributed by atoms with Crippen molar-refractivity contribution in [3.63, 3.8) is 0 Å². The standard InChI is InChI=1S/C19H21NO3/c1-22-16-9-7-14(8-10-16)13-15-11-12-20(19(15)21)17-5-3-4-6-18(17)23-2/h3-10,15H,11-13H2,1-2H3. The fourth-order valence-electron chi connectivity index (χ4n) is 3.07. The largest absolute Gasteiger partial charge is 0.497 e.